The Hall–Kier alpha value is 0.210. The molecule has 0 aliphatic heterocycles. The van der Waals surface area contributed by atoms with Crippen molar-refractivity contribution in [1.29, 1.82) is 0 Å². The van der Waals surface area contributed by atoms with Gasteiger partial charge in [-0.05, 0) is 13.3 Å². The Kier molecular flexibility index (Phi) is 6.48. The minimum absolute atomic E-state index is 0.139. The second kappa shape index (κ2) is 6.33. The normalized spacial score (nSPS) is 13.7. The van der Waals surface area contributed by atoms with Crippen molar-refractivity contribution < 1.29 is 4.74 Å². The number of nitrogens with two attached hydrogens (primary N) is 1. The third-order valence-electron chi connectivity index (χ3n) is 0.803. The molecular weight excluding hydrogens is 138 g/mol. The molecule has 0 fully saturated rings. The quantitative estimate of drug-likeness (QED) is 0.470. The van der Waals surface area contributed by atoms with Gasteiger partial charge in [-0.3, -0.25) is 0 Å². The molecule has 0 aromatic heterocycles. The third-order valence-corrected chi connectivity index (χ3v) is 1.07. The van der Waals surface area contributed by atoms with Crippen LogP contribution in [-0.4, -0.2) is 25.1 Å². The fourth-order valence-electron chi connectivity index (χ4n) is 0.426. The summed E-state index contributed by atoms with van der Waals surface area (Å²) in [5.41, 5.74) is 5.42. The van der Waals surface area contributed by atoms with Crippen molar-refractivity contribution in [2.75, 3.05) is 19.1 Å². The Morgan fingerprint density at radius 2 is 2.33 bits per heavy atom. The fourth-order valence-corrected chi connectivity index (χ4v) is 0.535. The van der Waals surface area contributed by atoms with Crippen molar-refractivity contribution in [3.63, 3.8) is 0 Å². The van der Waals surface area contributed by atoms with Crippen molar-refractivity contribution in [2.24, 2.45) is 5.73 Å². The highest BCUT2D eigenvalue weighted by Crippen LogP contribution is 1.86. The van der Waals surface area contributed by atoms with Gasteiger partial charge in [0.05, 0.1) is 6.61 Å². The van der Waals surface area contributed by atoms with Gasteiger partial charge in [0.15, 0.2) is 0 Å². The van der Waals surface area contributed by atoms with E-state index in [-0.39, 0.29) is 6.04 Å². The van der Waals surface area contributed by atoms with Crippen LogP contribution in [0.5, 0.6) is 0 Å². The molecule has 56 valence electrons. The smallest absolute Gasteiger partial charge is 0.0614 e. The van der Waals surface area contributed by atoms with Crippen LogP contribution in [-0.2, 0) is 4.74 Å². The van der Waals surface area contributed by atoms with Gasteiger partial charge in [0.2, 0.25) is 0 Å². The molecule has 0 amide bonds. The van der Waals surface area contributed by atoms with Crippen LogP contribution in [0, 0.1) is 0 Å². The minimum atomic E-state index is 0.139. The number of alkyl halides is 1. The van der Waals surface area contributed by atoms with Crippen LogP contribution in [0.2, 0.25) is 0 Å². The molecule has 2 nitrogen and oxygen atoms in total. The summed E-state index contributed by atoms with van der Waals surface area (Å²) in [6.45, 7) is 3.28. The van der Waals surface area contributed by atoms with Crippen LogP contribution >= 0.6 is 11.6 Å². The highest BCUT2D eigenvalue weighted by Gasteiger charge is 1.91. The zero-order valence-electron chi connectivity index (χ0n) is 5.77. The van der Waals surface area contributed by atoms with E-state index in [1.807, 2.05) is 6.92 Å². The van der Waals surface area contributed by atoms with Gasteiger partial charge in [-0.15, -0.1) is 11.6 Å². The molecule has 2 N–H and O–H groups in total. The first-order valence-corrected chi connectivity index (χ1v) is 3.70. The summed E-state index contributed by atoms with van der Waals surface area (Å²) in [4.78, 5) is 0. The predicted molar refractivity (Wildman–Crippen MR) is 39.8 cm³/mol. The van der Waals surface area contributed by atoms with Crippen molar-refractivity contribution in [3.8, 4) is 0 Å². The number of rotatable bonds is 5. The summed E-state index contributed by atoms with van der Waals surface area (Å²) in [5, 5.41) is 0. The highest BCUT2D eigenvalue weighted by molar-refractivity contribution is 6.17. The average Bonchev–Trinajstić information content (AvgIpc) is 1.80. The largest absolute Gasteiger partial charge is 0.380 e. The van der Waals surface area contributed by atoms with E-state index < -0.39 is 0 Å². The molecule has 0 aromatic rings. The first-order valence-electron chi connectivity index (χ1n) is 3.16. The summed E-state index contributed by atoms with van der Waals surface area (Å²) in [7, 11) is 0. The van der Waals surface area contributed by atoms with E-state index in [9.17, 15) is 0 Å². The van der Waals surface area contributed by atoms with E-state index in [4.69, 9.17) is 22.1 Å². The molecule has 0 rings (SSSR count). The Labute approximate surface area is 61.3 Å². The zero-order valence-corrected chi connectivity index (χ0v) is 6.53. The monoisotopic (exact) mass is 151 g/mol. The second-order valence-electron chi connectivity index (χ2n) is 2.09. The van der Waals surface area contributed by atoms with E-state index in [0.717, 1.165) is 13.0 Å². The molecule has 0 heterocycles. The third kappa shape index (κ3) is 8.21. The average molecular weight is 152 g/mol. The van der Waals surface area contributed by atoms with Crippen molar-refractivity contribution in [3.05, 3.63) is 0 Å². The summed E-state index contributed by atoms with van der Waals surface area (Å²) < 4.78 is 5.13. The number of hydrogen-bond donors (Lipinski definition) is 1. The molecule has 1 atom stereocenters. The SMILES string of the molecule is C[C@@H](N)COCCCCl. The molecule has 0 aliphatic rings. The Morgan fingerprint density at radius 1 is 1.67 bits per heavy atom. The van der Waals surface area contributed by atoms with Gasteiger partial charge >= 0.3 is 0 Å². The minimum Gasteiger partial charge on any atom is -0.380 e. The maximum Gasteiger partial charge on any atom is 0.0614 e. The molecule has 0 unspecified atom stereocenters. The molecule has 9 heavy (non-hydrogen) atoms. The number of halogens is 1. The lowest BCUT2D eigenvalue weighted by atomic mass is 10.4. The summed E-state index contributed by atoms with van der Waals surface area (Å²) in [6.07, 6.45) is 0.911. The Bertz CT molecular complexity index is 59.0. The molecule has 0 bridgehead atoms. The molecule has 0 aliphatic carbocycles. The number of ether oxygens (including phenoxy) is 1. The first kappa shape index (κ1) is 9.21. The standard InChI is InChI=1S/C6H14ClNO/c1-6(8)5-9-4-2-3-7/h6H,2-5,8H2,1H3/t6-/m1/s1. The van der Waals surface area contributed by atoms with E-state index in [0.29, 0.717) is 12.5 Å². The predicted octanol–water partition coefficient (Wildman–Crippen LogP) is 0.979. The first-order chi connectivity index (χ1) is 4.27. The van der Waals surface area contributed by atoms with Crippen molar-refractivity contribution in [2.45, 2.75) is 19.4 Å². The van der Waals surface area contributed by atoms with Crippen LogP contribution in [0.3, 0.4) is 0 Å². The topological polar surface area (TPSA) is 35.2 Å². The molecule has 0 spiro atoms. The Morgan fingerprint density at radius 3 is 2.78 bits per heavy atom. The van der Waals surface area contributed by atoms with Crippen LogP contribution in [0.15, 0.2) is 0 Å². The lowest BCUT2D eigenvalue weighted by Crippen LogP contribution is -2.22. The highest BCUT2D eigenvalue weighted by atomic mass is 35.5. The van der Waals surface area contributed by atoms with Gasteiger partial charge in [-0.25, -0.2) is 0 Å². The van der Waals surface area contributed by atoms with E-state index in [1.165, 1.54) is 0 Å². The lowest BCUT2D eigenvalue weighted by molar-refractivity contribution is 0.125. The molecule has 0 radical (unpaired) electrons. The molecule has 0 aromatic carbocycles. The van der Waals surface area contributed by atoms with Gasteiger partial charge in [-0.1, -0.05) is 0 Å². The fraction of sp³-hybridized carbons (Fsp3) is 1.00. The van der Waals surface area contributed by atoms with Gasteiger partial charge in [0, 0.05) is 18.5 Å². The second-order valence-corrected chi connectivity index (χ2v) is 2.47. The molecule has 0 saturated heterocycles. The molecule has 3 heteroatoms. The van der Waals surface area contributed by atoms with Gasteiger partial charge in [0.1, 0.15) is 0 Å². The maximum atomic E-state index is 5.42. The Balaban J connectivity index is 2.75. The summed E-state index contributed by atoms with van der Waals surface area (Å²) in [5.74, 6) is 0.666. The maximum absolute atomic E-state index is 5.42. The van der Waals surface area contributed by atoms with Crippen LogP contribution in [0.25, 0.3) is 0 Å². The zero-order chi connectivity index (χ0) is 7.11. The molecular formula is C6H14ClNO. The van der Waals surface area contributed by atoms with Crippen LogP contribution < -0.4 is 5.73 Å². The van der Waals surface area contributed by atoms with Gasteiger partial charge in [0.25, 0.3) is 0 Å². The van der Waals surface area contributed by atoms with E-state index >= 15 is 0 Å². The summed E-state index contributed by atoms with van der Waals surface area (Å²) in [6, 6.07) is 0.139. The van der Waals surface area contributed by atoms with Crippen LogP contribution in [0.4, 0.5) is 0 Å². The van der Waals surface area contributed by atoms with Gasteiger partial charge in [-0.2, -0.15) is 0 Å². The summed E-state index contributed by atoms with van der Waals surface area (Å²) >= 11 is 5.41. The van der Waals surface area contributed by atoms with Crippen molar-refractivity contribution >= 4 is 11.6 Å². The van der Waals surface area contributed by atoms with Gasteiger partial charge < -0.3 is 10.5 Å². The van der Waals surface area contributed by atoms with Crippen molar-refractivity contribution in [1.82, 2.24) is 0 Å². The lowest BCUT2D eigenvalue weighted by Gasteiger charge is -2.04. The van der Waals surface area contributed by atoms with E-state index in [1.54, 1.807) is 0 Å². The van der Waals surface area contributed by atoms with Crippen LogP contribution in [0.1, 0.15) is 13.3 Å². The molecule has 0 saturated carbocycles. The number of hydrogen-bond acceptors (Lipinski definition) is 2. The van der Waals surface area contributed by atoms with E-state index in [2.05, 4.69) is 0 Å².